The summed E-state index contributed by atoms with van der Waals surface area (Å²) in [7, 11) is 0. The van der Waals surface area contributed by atoms with Crippen molar-refractivity contribution >= 4 is 28.2 Å². The van der Waals surface area contributed by atoms with E-state index < -0.39 is 0 Å². The molecule has 1 heterocycles. The second-order valence-electron chi connectivity index (χ2n) is 5.94. The molecule has 3 aromatic rings. The molecule has 0 saturated carbocycles. The summed E-state index contributed by atoms with van der Waals surface area (Å²) in [4.78, 5) is 4.60. The Morgan fingerprint density at radius 2 is 1.83 bits per heavy atom. The average Bonchev–Trinajstić information content (AvgIpc) is 2.53. The van der Waals surface area contributed by atoms with Crippen molar-refractivity contribution in [2.45, 2.75) is 27.2 Å². The molecule has 3 heteroatoms. The van der Waals surface area contributed by atoms with Crippen molar-refractivity contribution in [2.24, 2.45) is 0 Å². The molecule has 3 rings (SSSR count). The summed E-state index contributed by atoms with van der Waals surface area (Å²) in [6, 6.07) is 12.5. The first-order valence-corrected chi connectivity index (χ1v) is 8.37. The van der Waals surface area contributed by atoms with Gasteiger partial charge in [-0.3, -0.25) is 4.98 Å². The van der Waals surface area contributed by atoms with Crippen molar-refractivity contribution in [3.05, 3.63) is 58.7 Å². The zero-order chi connectivity index (χ0) is 16.4. The van der Waals surface area contributed by atoms with Crippen LogP contribution in [0.15, 0.2) is 42.6 Å². The summed E-state index contributed by atoms with van der Waals surface area (Å²) in [6.07, 6.45) is 2.98. The van der Waals surface area contributed by atoms with E-state index >= 15 is 0 Å². The standard InChI is InChI=1S/C20H21ClN2/c1-4-8-22-16-9-15-10-18(21)17(11-19(15)23-12-16)20-13(2)6-5-7-14(20)3/h5-7,9-12,22H,4,8H2,1-3H3. The highest BCUT2D eigenvalue weighted by Crippen LogP contribution is 2.35. The third-order valence-corrected chi connectivity index (χ3v) is 4.41. The van der Waals surface area contributed by atoms with Crippen LogP contribution in [0.3, 0.4) is 0 Å². The topological polar surface area (TPSA) is 24.9 Å². The first kappa shape index (κ1) is 15.8. The number of hydrogen-bond acceptors (Lipinski definition) is 2. The Bertz CT molecular complexity index is 835. The molecule has 2 aromatic carbocycles. The molecule has 1 aromatic heterocycles. The summed E-state index contributed by atoms with van der Waals surface area (Å²) in [5, 5.41) is 5.19. The minimum absolute atomic E-state index is 0.768. The summed E-state index contributed by atoms with van der Waals surface area (Å²) in [5.41, 5.74) is 6.72. The molecule has 0 saturated heterocycles. The number of aromatic nitrogens is 1. The Hall–Kier alpha value is -2.06. The summed E-state index contributed by atoms with van der Waals surface area (Å²) < 4.78 is 0. The van der Waals surface area contributed by atoms with Gasteiger partial charge in [0.05, 0.1) is 17.4 Å². The zero-order valence-electron chi connectivity index (χ0n) is 13.8. The number of rotatable bonds is 4. The normalized spacial score (nSPS) is 11.0. The number of nitrogens with zero attached hydrogens (tertiary/aromatic N) is 1. The lowest BCUT2D eigenvalue weighted by Crippen LogP contribution is -2.00. The van der Waals surface area contributed by atoms with Gasteiger partial charge in [0, 0.05) is 22.5 Å². The number of benzene rings is 2. The smallest absolute Gasteiger partial charge is 0.0710 e. The summed E-state index contributed by atoms with van der Waals surface area (Å²) >= 11 is 6.59. The number of fused-ring (bicyclic) bond motifs is 1. The van der Waals surface area contributed by atoms with E-state index in [0.717, 1.165) is 40.1 Å². The van der Waals surface area contributed by atoms with E-state index in [1.807, 2.05) is 12.3 Å². The number of pyridine rings is 1. The first-order valence-electron chi connectivity index (χ1n) is 8.00. The maximum absolute atomic E-state index is 6.59. The molecule has 0 fully saturated rings. The van der Waals surface area contributed by atoms with Crippen molar-refractivity contribution in [1.29, 1.82) is 0 Å². The van der Waals surface area contributed by atoms with Gasteiger partial charge in [-0.1, -0.05) is 36.7 Å². The van der Waals surface area contributed by atoms with Crippen LogP contribution in [0.5, 0.6) is 0 Å². The van der Waals surface area contributed by atoms with Crippen molar-refractivity contribution in [2.75, 3.05) is 11.9 Å². The third-order valence-electron chi connectivity index (χ3n) is 4.10. The highest BCUT2D eigenvalue weighted by atomic mass is 35.5. The number of hydrogen-bond donors (Lipinski definition) is 1. The van der Waals surface area contributed by atoms with Gasteiger partial charge < -0.3 is 5.32 Å². The van der Waals surface area contributed by atoms with Gasteiger partial charge in [0.2, 0.25) is 0 Å². The minimum Gasteiger partial charge on any atom is -0.384 e. The van der Waals surface area contributed by atoms with Gasteiger partial charge in [0.15, 0.2) is 0 Å². The molecular formula is C20H21ClN2. The lowest BCUT2D eigenvalue weighted by Gasteiger charge is -2.13. The van der Waals surface area contributed by atoms with Gasteiger partial charge in [0.25, 0.3) is 0 Å². The van der Waals surface area contributed by atoms with Crippen LogP contribution in [0, 0.1) is 13.8 Å². The van der Waals surface area contributed by atoms with Crippen LogP contribution in [0.25, 0.3) is 22.0 Å². The fourth-order valence-corrected chi connectivity index (χ4v) is 3.21. The van der Waals surface area contributed by atoms with E-state index in [1.165, 1.54) is 16.7 Å². The molecule has 0 radical (unpaired) electrons. The lowest BCUT2D eigenvalue weighted by atomic mass is 9.95. The van der Waals surface area contributed by atoms with Gasteiger partial charge in [0.1, 0.15) is 0 Å². The number of anilines is 1. The quantitative estimate of drug-likeness (QED) is 0.637. The van der Waals surface area contributed by atoms with Crippen molar-refractivity contribution in [3.63, 3.8) is 0 Å². The molecule has 0 aliphatic rings. The Labute approximate surface area is 142 Å². The Balaban J connectivity index is 2.12. The van der Waals surface area contributed by atoms with E-state index in [9.17, 15) is 0 Å². The fraction of sp³-hybridized carbons (Fsp3) is 0.250. The molecular weight excluding hydrogens is 304 g/mol. The third kappa shape index (κ3) is 3.18. The predicted molar refractivity (Wildman–Crippen MR) is 100 cm³/mol. The molecule has 0 amide bonds. The van der Waals surface area contributed by atoms with Gasteiger partial charge in [-0.15, -0.1) is 0 Å². The van der Waals surface area contributed by atoms with Crippen LogP contribution >= 0.6 is 11.6 Å². The van der Waals surface area contributed by atoms with Crippen molar-refractivity contribution in [3.8, 4) is 11.1 Å². The predicted octanol–water partition coefficient (Wildman–Crippen LogP) is 5.99. The molecule has 1 N–H and O–H groups in total. The summed E-state index contributed by atoms with van der Waals surface area (Å²) in [5.74, 6) is 0. The van der Waals surface area contributed by atoms with E-state index in [-0.39, 0.29) is 0 Å². The zero-order valence-corrected chi connectivity index (χ0v) is 14.5. The molecule has 0 atom stereocenters. The number of aryl methyl sites for hydroxylation is 2. The molecule has 0 aliphatic heterocycles. The Kier molecular flexibility index (Phi) is 4.53. The monoisotopic (exact) mass is 324 g/mol. The second kappa shape index (κ2) is 6.59. The van der Waals surface area contributed by atoms with Crippen molar-refractivity contribution in [1.82, 2.24) is 4.98 Å². The largest absolute Gasteiger partial charge is 0.384 e. The second-order valence-corrected chi connectivity index (χ2v) is 6.35. The molecule has 0 unspecified atom stereocenters. The maximum atomic E-state index is 6.59. The molecule has 0 bridgehead atoms. The fourth-order valence-electron chi connectivity index (χ4n) is 2.95. The van der Waals surface area contributed by atoms with E-state index in [2.05, 4.69) is 61.4 Å². The average molecular weight is 325 g/mol. The SMILES string of the molecule is CCCNc1cnc2cc(-c3c(C)cccc3C)c(Cl)cc2c1. The van der Waals surface area contributed by atoms with Crippen LogP contribution in [0.2, 0.25) is 5.02 Å². The molecule has 23 heavy (non-hydrogen) atoms. The van der Waals surface area contributed by atoms with Gasteiger partial charge in [-0.25, -0.2) is 0 Å². The Morgan fingerprint density at radius 1 is 1.09 bits per heavy atom. The van der Waals surface area contributed by atoms with Gasteiger partial charge in [-0.2, -0.15) is 0 Å². The minimum atomic E-state index is 0.768. The van der Waals surface area contributed by atoms with E-state index in [0.29, 0.717) is 0 Å². The highest BCUT2D eigenvalue weighted by Gasteiger charge is 2.11. The lowest BCUT2D eigenvalue weighted by molar-refractivity contribution is 0.978. The van der Waals surface area contributed by atoms with Crippen LogP contribution in [0.4, 0.5) is 5.69 Å². The van der Waals surface area contributed by atoms with Gasteiger partial charge >= 0.3 is 0 Å². The Morgan fingerprint density at radius 3 is 2.52 bits per heavy atom. The maximum Gasteiger partial charge on any atom is 0.0710 e. The van der Waals surface area contributed by atoms with E-state index in [1.54, 1.807) is 0 Å². The molecule has 0 aliphatic carbocycles. The van der Waals surface area contributed by atoms with Crippen LogP contribution in [-0.2, 0) is 0 Å². The van der Waals surface area contributed by atoms with E-state index in [4.69, 9.17) is 11.6 Å². The first-order chi connectivity index (χ1) is 11.1. The highest BCUT2D eigenvalue weighted by molar-refractivity contribution is 6.34. The van der Waals surface area contributed by atoms with Crippen LogP contribution in [-0.4, -0.2) is 11.5 Å². The van der Waals surface area contributed by atoms with Crippen LogP contribution in [0.1, 0.15) is 24.5 Å². The molecule has 118 valence electrons. The molecule has 0 spiro atoms. The molecule has 2 nitrogen and oxygen atoms in total. The number of halogens is 1. The van der Waals surface area contributed by atoms with Crippen molar-refractivity contribution < 1.29 is 0 Å². The number of nitrogens with one attached hydrogen (secondary N) is 1. The van der Waals surface area contributed by atoms with Crippen LogP contribution < -0.4 is 5.32 Å². The van der Waals surface area contributed by atoms with Gasteiger partial charge in [-0.05, 0) is 55.2 Å². The summed E-state index contributed by atoms with van der Waals surface area (Å²) in [6.45, 7) is 7.33.